The first kappa shape index (κ1) is 32.6. The summed E-state index contributed by atoms with van der Waals surface area (Å²) in [6.07, 6.45) is 0. The number of rotatable bonds is 5. The molecule has 270 valence electrons. The monoisotopic (exact) mass is 738 g/mol. The van der Waals surface area contributed by atoms with Gasteiger partial charge in [-0.05, 0) is 103 Å². The Kier molecular flexibility index (Phi) is 7.14. The van der Waals surface area contributed by atoms with Gasteiger partial charge in [-0.3, -0.25) is 0 Å². The maximum Gasteiger partial charge on any atom is 0.227 e. The summed E-state index contributed by atoms with van der Waals surface area (Å²) >= 11 is 0. The molecule has 12 rings (SSSR count). The van der Waals surface area contributed by atoms with E-state index in [1.807, 2.05) is 30.3 Å². The van der Waals surface area contributed by atoms with Gasteiger partial charge in [0, 0.05) is 22.1 Å². The fraction of sp³-hybridized carbons (Fsp3) is 0.0182. The van der Waals surface area contributed by atoms with Crippen LogP contribution < -0.4 is 0 Å². The first-order valence-electron chi connectivity index (χ1n) is 19.8. The Morgan fingerprint density at radius 3 is 1.78 bits per heavy atom. The number of pyridine rings is 1. The van der Waals surface area contributed by atoms with E-state index in [9.17, 15) is 0 Å². The number of hydrogen-bond donors (Lipinski definition) is 0. The summed E-state index contributed by atoms with van der Waals surface area (Å²) in [4.78, 5) is 10.3. The molecule has 3 heteroatoms. The second kappa shape index (κ2) is 12.7. The second-order valence-electron chi connectivity index (χ2n) is 15.3. The molecule has 2 heterocycles. The van der Waals surface area contributed by atoms with Gasteiger partial charge in [0.25, 0.3) is 0 Å². The van der Waals surface area contributed by atoms with Crippen molar-refractivity contribution in [2.24, 2.45) is 0 Å². The molecule has 58 heavy (non-hydrogen) atoms. The number of aromatic nitrogens is 2. The van der Waals surface area contributed by atoms with Gasteiger partial charge in [0.2, 0.25) is 5.89 Å². The lowest BCUT2D eigenvalue weighted by Crippen LogP contribution is -2.28. The van der Waals surface area contributed by atoms with E-state index in [0.29, 0.717) is 5.89 Å². The molecule has 0 atom stereocenters. The Morgan fingerprint density at radius 2 is 1.00 bits per heavy atom. The molecule has 0 unspecified atom stereocenters. The molecule has 0 amide bonds. The van der Waals surface area contributed by atoms with Crippen molar-refractivity contribution in [3.8, 4) is 45.1 Å². The summed E-state index contributed by atoms with van der Waals surface area (Å²) < 4.78 is 6.54. The number of benzene rings is 9. The van der Waals surface area contributed by atoms with Gasteiger partial charge in [-0.1, -0.05) is 164 Å². The largest absolute Gasteiger partial charge is 0.435 e. The summed E-state index contributed by atoms with van der Waals surface area (Å²) in [5, 5.41) is 6.94. The minimum absolute atomic E-state index is 0.517. The summed E-state index contributed by atoms with van der Waals surface area (Å²) in [6, 6.07) is 74.0. The minimum atomic E-state index is -0.517. The van der Waals surface area contributed by atoms with Crippen LogP contribution in [0.5, 0.6) is 0 Å². The van der Waals surface area contributed by atoms with Crippen molar-refractivity contribution in [1.29, 1.82) is 0 Å². The molecular formula is C55H34N2O. The molecule has 0 spiro atoms. The predicted molar refractivity (Wildman–Crippen MR) is 238 cm³/mol. The van der Waals surface area contributed by atoms with Gasteiger partial charge >= 0.3 is 0 Å². The second-order valence-corrected chi connectivity index (χ2v) is 15.3. The number of oxazole rings is 1. The lowest BCUT2D eigenvalue weighted by Gasteiger charge is -2.34. The summed E-state index contributed by atoms with van der Waals surface area (Å²) in [7, 11) is 0. The van der Waals surface area contributed by atoms with Crippen molar-refractivity contribution < 1.29 is 4.42 Å². The summed E-state index contributed by atoms with van der Waals surface area (Å²) in [5.74, 6) is 0.625. The van der Waals surface area contributed by atoms with Crippen LogP contribution in [-0.2, 0) is 5.41 Å². The van der Waals surface area contributed by atoms with Crippen molar-refractivity contribution in [3.05, 3.63) is 229 Å². The van der Waals surface area contributed by atoms with Crippen molar-refractivity contribution in [2.45, 2.75) is 5.41 Å². The number of hydrogen-bond acceptors (Lipinski definition) is 3. The quantitative estimate of drug-likeness (QED) is 0.165. The molecule has 9 aromatic carbocycles. The van der Waals surface area contributed by atoms with E-state index >= 15 is 0 Å². The Labute approximate surface area is 335 Å². The highest BCUT2D eigenvalue weighted by molar-refractivity contribution is 6.18. The molecule has 0 saturated carbocycles. The fourth-order valence-corrected chi connectivity index (χ4v) is 9.56. The maximum absolute atomic E-state index is 6.54. The van der Waals surface area contributed by atoms with Crippen LogP contribution in [0, 0.1) is 0 Å². The van der Waals surface area contributed by atoms with Gasteiger partial charge in [0.1, 0.15) is 5.52 Å². The Balaban J connectivity index is 1.04. The van der Waals surface area contributed by atoms with Crippen molar-refractivity contribution in [3.63, 3.8) is 0 Å². The van der Waals surface area contributed by atoms with E-state index in [4.69, 9.17) is 14.4 Å². The molecule has 0 radical (unpaired) electrons. The minimum Gasteiger partial charge on any atom is -0.435 e. The molecule has 1 aliphatic rings. The average Bonchev–Trinajstić information content (AvgIpc) is 3.88. The van der Waals surface area contributed by atoms with E-state index in [2.05, 4.69) is 176 Å². The maximum atomic E-state index is 6.54. The van der Waals surface area contributed by atoms with Gasteiger partial charge in [-0.15, -0.1) is 0 Å². The highest BCUT2D eigenvalue weighted by Gasteiger charge is 2.46. The van der Waals surface area contributed by atoms with E-state index in [1.54, 1.807) is 0 Å². The smallest absolute Gasteiger partial charge is 0.227 e. The first-order chi connectivity index (χ1) is 28.7. The fourth-order valence-electron chi connectivity index (χ4n) is 9.56. The molecule has 0 N–H and O–H groups in total. The highest BCUT2D eigenvalue weighted by atomic mass is 16.3. The number of fused-ring (bicyclic) bond motifs is 10. The van der Waals surface area contributed by atoms with Crippen LogP contribution in [0.25, 0.3) is 88.5 Å². The molecule has 3 nitrogen and oxygen atoms in total. The third kappa shape index (κ3) is 4.80. The van der Waals surface area contributed by atoms with Crippen LogP contribution >= 0.6 is 0 Å². The number of nitrogens with zero attached hydrogens (tertiary/aromatic N) is 2. The predicted octanol–water partition coefficient (Wildman–Crippen LogP) is 14.0. The molecule has 0 bridgehead atoms. The normalized spacial score (nSPS) is 13.0. The first-order valence-corrected chi connectivity index (χ1v) is 19.8. The van der Waals surface area contributed by atoms with Gasteiger partial charge in [-0.2, -0.15) is 0 Å². The molecule has 1 aliphatic carbocycles. The lowest BCUT2D eigenvalue weighted by molar-refractivity contribution is 0.623. The zero-order valence-electron chi connectivity index (χ0n) is 31.4. The zero-order chi connectivity index (χ0) is 38.2. The lowest BCUT2D eigenvalue weighted by atomic mass is 9.67. The third-order valence-corrected chi connectivity index (χ3v) is 12.2. The van der Waals surface area contributed by atoms with Crippen LogP contribution in [0.2, 0.25) is 0 Å². The van der Waals surface area contributed by atoms with Crippen LogP contribution in [0.3, 0.4) is 0 Å². The molecule has 11 aromatic rings. The van der Waals surface area contributed by atoms with Gasteiger partial charge in [0.15, 0.2) is 5.58 Å². The van der Waals surface area contributed by atoms with Crippen molar-refractivity contribution in [1.82, 2.24) is 9.97 Å². The zero-order valence-corrected chi connectivity index (χ0v) is 31.4. The van der Waals surface area contributed by atoms with Gasteiger partial charge in [-0.25, -0.2) is 9.97 Å². The Morgan fingerprint density at radius 1 is 0.397 bits per heavy atom. The summed E-state index contributed by atoms with van der Waals surface area (Å²) in [6.45, 7) is 0. The Bertz CT molecular complexity index is 3350. The standard InChI is InChI=1S/C55H34N2O/c1-4-14-38(15-5-1)54-57-50-32-29-37-25-23-36-24-26-39(33-45(36)51(37)53(50)58-54)48-21-12-22-49(56-48)40-27-30-44-47(34-40)55(41-16-6-2-7-17-41,42-18-8-3-9-19-42)46-31-28-35-13-10-11-20-43(35)52(44)46/h1-34H. The molecular weight excluding hydrogens is 705 g/mol. The van der Waals surface area contributed by atoms with Crippen LogP contribution in [0.4, 0.5) is 0 Å². The highest BCUT2D eigenvalue weighted by Crippen LogP contribution is 2.58. The molecule has 0 fully saturated rings. The van der Waals surface area contributed by atoms with Crippen molar-refractivity contribution >= 4 is 43.4 Å². The van der Waals surface area contributed by atoms with E-state index in [0.717, 1.165) is 60.7 Å². The van der Waals surface area contributed by atoms with Crippen LogP contribution in [-0.4, -0.2) is 9.97 Å². The Hall–Kier alpha value is -7.62. The van der Waals surface area contributed by atoms with Crippen molar-refractivity contribution in [2.75, 3.05) is 0 Å². The van der Waals surface area contributed by atoms with E-state index < -0.39 is 5.41 Å². The topological polar surface area (TPSA) is 38.9 Å². The SMILES string of the molecule is c1ccc(-c2nc3ccc4ccc5ccc(-c6cccc(-c7ccc8c(c7)C(c7ccccc7)(c7ccccc7)c7ccc9ccccc9c7-8)n6)cc5c4c3o2)cc1. The average molecular weight is 739 g/mol. The van der Waals surface area contributed by atoms with Gasteiger partial charge < -0.3 is 4.42 Å². The van der Waals surface area contributed by atoms with Crippen LogP contribution in [0.15, 0.2) is 211 Å². The molecule has 2 aromatic heterocycles. The molecule has 0 saturated heterocycles. The van der Waals surface area contributed by atoms with E-state index in [-0.39, 0.29) is 0 Å². The van der Waals surface area contributed by atoms with Gasteiger partial charge in [0.05, 0.1) is 16.8 Å². The third-order valence-electron chi connectivity index (χ3n) is 12.2. The molecule has 0 aliphatic heterocycles. The summed E-state index contributed by atoms with van der Waals surface area (Å²) in [5.41, 5.74) is 13.7. The van der Waals surface area contributed by atoms with E-state index in [1.165, 1.54) is 44.2 Å². The van der Waals surface area contributed by atoms with Crippen LogP contribution in [0.1, 0.15) is 22.3 Å².